The van der Waals surface area contributed by atoms with Crippen LogP contribution in [0.2, 0.25) is 0 Å². The van der Waals surface area contributed by atoms with E-state index in [1.54, 1.807) is 0 Å². The smallest absolute Gasteiger partial charge is 0.0447 e. The quantitative estimate of drug-likeness (QED) is 0.704. The predicted molar refractivity (Wildman–Crippen MR) is 55.9 cm³/mol. The average molecular weight is 178 g/mol. The SMILES string of the molecule is Cc1cccc(C(C)CN(C)C)n1. The van der Waals surface area contributed by atoms with Crippen LogP contribution < -0.4 is 0 Å². The highest BCUT2D eigenvalue weighted by Crippen LogP contribution is 2.13. The van der Waals surface area contributed by atoms with Crippen LogP contribution in [0.3, 0.4) is 0 Å². The van der Waals surface area contributed by atoms with E-state index in [0.29, 0.717) is 5.92 Å². The highest BCUT2D eigenvalue weighted by Gasteiger charge is 2.07. The van der Waals surface area contributed by atoms with Gasteiger partial charge in [0.2, 0.25) is 0 Å². The van der Waals surface area contributed by atoms with E-state index in [1.807, 2.05) is 13.0 Å². The van der Waals surface area contributed by atoms with Crippen LogP contribution in [0.5, 0.6) is 0 Å². The molecule has 2 nitrogen and oxygen atoms in total. The van der Waals surface area contributed by atoms with Gasteiger partial charge in [-0.05, 0) is 33.2 Å². The fourth-order valence-corrected chi connectivity index (χ4v) is 1.48. The summed E-state index contributed by atoms with van der Waals surface area (Å²) in [6, 6.07) is 6.21. The van der Waals surface area contributed by atoms with Crippen molar-refractivity contribution < 1.29 is 0 Å². The highest BCUT2D eigenvalue weighted by molar-refractivity contribution is 5.13. The summed E-state index contributed by atoms with van der Waals surface area (Å²) in [5.41, 5.74) is 2.29. The second-order valence-corrected chi connectivity index (χ2v) is 3.87. The first-order valence-electron chi connectivity index (χ1n) is 4.68. The molecule has 1 atom stereocenters. The molecule has 1 rings (SSSR count). The molecule has 1 aromatic heterocycles. The third-order valence-corrected chi connectivity index (χ3v) is 2.05. The molecule has 0 amide bonds. The molecule has 1 unspecified atom stereocenters. The van der Waals surface area contributed by atoms with Crippen LogP contribution >= 0.6 is 0 Å². The minimum absolute atomic E-state index is 0.509. The first-order chi connectivity index (χ1) is 6.09. The van der Waals surface area contributed by atoms with Gasteiger partial charge in [-0.15, -0.1) is 0 Å². The number of rotatable bonds is 3. The maximum atomic E-state index is 4.50. The molecule has 0 bridgehead atoms. The third kappa shape index (κ3) is 3.15. The Labute approximate surface area is 80.6 Å². The first-order valence-corrected chi connectivity index (χ1v) is 4.68. The number of likely N-dealkylation sites (N-methyl/N-ethyl adjacent to an activating group) is 1. The summed E-state index contributed by atoms with van der Waals surface area (Å²) in [6.07, 6.45) is 0. The largest absolute Gasteiger partial charge is 0.309 e. The molecular weight excluding hydrogens is 160 g/mol. The normalized spacial score (nSPS) is 13.3. The van der Waals surface area contributed by atoms with Gasteiger partial charge in [-0.25, -0.2) is 0 Å². The molecule has 0 N–H and O–H groups in total. The van der Waals surface area contributed by atoms with E-state index in [0.717, 1.165) is 12.2 Å². The molecule has 0 aliphatic heterocycles. The second kappa shape index (κ2) is 4.38. The lowest BCUT2D eigenvalue weighted by Crippen LogP contribution is -2.19. The Hall–Kier alpha value is -0.890. The van der Waals surface area contributed by atoms with Gasteiger partial charge in [0.1, 0.15) is 0 Å². The number of aromatic nitrogens is 1. The van der Waals surface area contributed by atoms with Crippen LogP contribution in [0.15, 0.2) is 18.2 Å². The number of aryl methyl sites for hydroxylation is 1. The van der Waals surface area contributed by atoms with Crippen molar-refractivity contribution in [2.75, 3.05) is 20.6 Å². The molecule has 1 aromatic rings. The van der Waals surface area contributed by atoms with Crippen molar-refractivity contribution in [3.8, 4) is 0 Å². The van der Waals surface area contributed by atoms with E-state index < -0.39 is 0 Å². The van der Waals surface area contributed by atoms with Gasteiger partial charge in [0, 0.05) is 23.9 Å². The zero-order valence-electron chi connectivity index (χ0n) is 8.91. The van der Waals surface area contributed by atoms with E-state index in [4.69, 9.17) is 0 Å². The Morgan fingerprint density at radius 2 is 2.08 bits per heavy atom. The van der Waals surface area contributed by atoms with Crippen LogP contribution in [0.25, 0.3) is 0 Å². The average Bonchev–Trinajstić information content (AvgIpc) is 2.03. The molecule has 0 aliphatic carbocycles. The molecule has 0 aromatic carbocycles. The lowest BCUT2D eigenvalue weighted by atomic mass is 10.1. The summed E-state index contributed by atoms with van der Waals surface area (Å²) < 4.78 is 0. The summed E-state index contributed by atoms with van der Waals surface area (Å²) in [4.78, 5) is 6.69. The van der Waals surface area contributed by atoms with Crippen molar-refractivity contribution in [3.63, 3.8) is 0 Å². The van der Waals surface area contributed by atoms with Crippen molar-refractivity contribution in [2.24, 2.45) is 0 Å². The van der Waals surface area contributed by atoms with Crippen molar-refractivity contribution in [2.45, 2.75) is 19.8 Å². The van der Waals surface area contributed by atoms with Crippen LogP contribution in [0, 0.1) is 6.92 Å². The number of nitrogens with zero attached hydrogens (tertiary/aromatic N) is 2. The Kier molecular flexibility index (Phi) is 3.43. The molecule has 13 heavy (non-hydrogen) atoms. The molecule has 0 spiro atoms. The van der Waals surface area contributed by atoms with Gasteiger partial charge < -0.3 is 4.90 Å². The standard InChI is InChI=1S/C11H18N2/c1-9(8-13(3)4)11-7-5-6-10(2)12-11/h5-7,9H,8H2,1-4H3. The summed E-state index contributed by atoms with van der Waals surface area (Å²) in [5, 5.41) is 0. The minimum atomic E-state index is 0.509. The van der Waals surface area contributed by atoms with Crippen LogP contribution in [0.4, 0.5) is 0 Å². The summed E-state index contributed by atoms with van der Waals surface area (Å²) in [7, 11) is 4.18. The number of pyridine rings is 1. The molecule has 0 saturated carbocycles. The molecule has 0 fully saturated rings. The van der Waals surface area contributed by atoms with E-state index in [2.05, 4.69) is 43.0 Å². The number of hydrogen-bond donors (Lipinski definition) is 0. The number of hydrogen-bond acceptors (Lipinski definition) is 2. The zero-order valence-corrected chi connectivity index (χ0v) is 8.91. The zero-order chi connectivity index (χ0) is 9.84. The topological polar surface area (TPSA) is 16.1 Å². The van der Waals surface area contributed by atoms with Gasteiger partial charge in [0.25, 0.3) is 0 Å². The minimum Gasteiger partial charge on any atom is -0.309 e. The highest BCUT2D eigenvalue weighted by atomic mass is 15.1. The summed E-state index contributed by atoms with van der Waals surface area (Å²) >= 11 is 0. The predicted octanol–water partition coefficient (Wildman–Crippen LogP) is 2.06. The first kappa shape index (κ1) is 10.2. The van der Waals surface area contributed by atoms with E-state index in [1.165, 1.54) is 5.69 Å². The Balaban J connectivity index is 2.71. The second-order valence-electron chi connectivity index (χ2n) is 3.87. The van der Waals surface area contributed by atoms with Crippen molar-refractivity contribution >= 4 is 0 Å². The van der Waals surface area contributed by atoms with E-state index in [-0.39, 0.29) is 0 Å². The summed E-state index contributed by atoms with van der Waals surface area (Å²) in [5.74, 6) is 0.509. The van der Waals surface area contributed by atoms with Gasteiger partial charge in [-0.3, -0.25) is 4.98 Å². The van der Waals surface area contributed by atoms with Crippen LogP contribution in [-0.2, 0) is 0 Å². The maximum Gasteiger partial charge on any atom is 0.0447 e. The molecule has 0 aliphatic rings. The van der Waals surface area contributed by atoms with Gasteiger partial charge >= 0.3 is 0 Å². The lowest BCUT2D eigenvalue weighted by Gasteiger charge is -2.16. The van der Waals surface area contributed by atoms with Crippen molar-refractivity contribution in [3.05, 3.63) is 29.6 Å². The monoisotopic (exact) mass is 178 g/mol. The third-order valence-electron chi connectivity index (χ3n) is 2.05. The Morgan fingerprint density at radius 1 is 1.38 bits per heavy atom. The Bertz CT molecular complexity index is 269. The molecule has 0 saturated heterocycles. The maximum absolute atomic E-state index is 4.50. The molecular formula is C11H18N2. The lowest BCUT2D eigenvalue weighted by molar-refractivity contribution is 0.380. The van der Waals surface area contributed by atoms with Crippen LogP contribution in [0.1, 0.15) is 24.2 Å². The van der Waals surface area contributed by atoms with E-state index >= 15 is 0 Å². The van der Waals surface area contributed by atoms with Gasteiger partial charge in [-0.2, -0.15) is 0 Å². The summed E-state index contributed by atoms with van der Waals surface area (Å²) in [6.45, 7) is 5.30. The fraction of sp³-hybridized carbons (Fsp3) is 0.545. The van der Waals surface area contributed by atoms with Crippen LogP contribution in [-0.4, -0.2) is 30.5 Å². The molecule has 0 radical (unpaired) electrons. The van der Waals surface area contributed by atoms with E-state index in [9.17, 15) is 0 Å². The Morgan fingerprint density at radius 3 is 2.62 bits per heavy atom. The van der Waals surface area contributed by atoms with Gasteiger partial charge in [0.05, 0.1) is 0 Å². The fourth-order valence-electron chi connectivity index (χ4n) is 1.48. The van der Waals surface area contributed by atoms with Gasteiger partial charge in [-0.1, -0.05) is 13.0 Å². The van der Waals surface area contributed by atoms with Crippen molar-refractivity contribution in [1.29, 1.82) is 0 Å². The van der Waals surface area contributed by atoms with Gasteiger partial charge in [0.15, 0.2) is 0 Å². The molecule has 2 heteroatoms. The van der Waals surface area contributed by atoms with Crippen molar-refractivity contribution in [1.82, 2.24) is 9.88 Å². The molecule has 72 valence electrons. The molecule has 1 heterocycles.